The number of nitrogens with zero attached hydrogens (tertiary/aromatic N) is 3. The van der Waals surface area contributed by atoms with Gasteiger partial charge in [0.05, 0.1) is 17.2 Å². The highest BCUT2D eigenvalue weighted by Gasteiger charge is 2.23. The van der Waals surface area contributed by atoms with Gasteiger partial charge in [-0.15, -0.1) is 0 Å². The number of hydrogen-bond acceptors (Lipinski definition) is 2. The van der Waals surface area contributed by atoms with Gasteiger partial charge in [0.1, 0.15) is 0 Å². The average Bonchev–Trinajstić information content (AvgIpc) is 2.31. The Bertz CT molecular complexity index is 328. The Kier molecular flexibility index (Phi) is 1.93. The van der Waals surface area contributed by atoms with Gasteiger partial charge >= 0.3 is 0 Å². The summed E-state index contributed by atoms with van der Waals surface area (Å²) in [7, 11) is 1.87. The molecule has 1 aromatic heterocycles. The Labute approximate surface area is 72.6 Å². The SMILES string of the molecule is Cc1nn(C)cc1C(C)(C)C#N. The lowest BCUT2D eigenvalue weighted by atomic mass is 9.87. The minimum Gasteiger partial charge on any atom is -0.275 e. The molecule has 1 heterocycles. The van der Waals surface area contributed by atoms with Crippen molar-refractivity contribution >= 4 is 0 Å². The highest BCUT2D eigenvalue weighted by atomic mass is 15.2. The Morgan fingerprint density at radius 3 is 2.50 bits per heavy atom. The lowest BCUT2D eigenvalue weighted by molar-refractivity contribution is 0.680. The predicted molar refractivity (Wildman–Crippen MR) is 46.6 cm³/mol. The second-order valence-electron chi connectivity index (χ2n) is 3.54. The molecular weight excluding hydrogens is 150 g/mol. The number of nitriles is 1. The van der Waals surface area contributed by atoms with Crippen LogP contribution in [-0.2, 0) is 12.5 Å². The van der Waals surface area contributed by atoms with Gasteiger partial charge in [0.2, 0.25) is 0 Å². The van der Waals surface area contributed by atoms with Crippen LogP contribution in [0.4, 0.5) is 0 Å². The van der Waals surface area contributed by atoms with Crippen molar-refractivity contribution in [1.82, 2.24) is 9.78 Å². The van der Waals surface area contributed by atoms with E-state index >= 15 is 0 Å². The fourth-order valence-electron chi connectivity index (χ4n) is 1.27. The van der Waals surface area contributed by atoms with Crippen molar-refractivity contribution in [2.24, 2.45) is 7.05 Å². The van der Waals surface area contributed by atoms with E-state index in [1.54, 1.807) is 4.68 Å². The lowest BCUT2D eigenvalue weighted by Gasteiger charge is -2.13. The van der Waals surface area contributed by atoms with Crippen molar-refractivity contribution in [1.29, 1.82) is 5.26 Å². The van der Waals surface area contributed by atoms with Gasteiger partial charge in [-0.25, -0.2) is 0 Å². The number of hydrogen-bond donors (Lipinski definition) is 0. The molecule has 0 aromatic carbocycles. The maximum absolute atomic E-state index is 8.89. The molecule has 1 rings (SSSR count). The third-order valence-electron chi connectivity index (χ3n) is 1.97. The van der Waals surface area contributed by atoms with E-state index in [9.17, 15) is 0 Å². The topological polar surface area (TPSA) is 41.6 Å². The summed E-state index contributed by atoms with van der Waals surface area (Å²) in [6, 6.07) is 2.26. The molecule has 0 aliphatic rings. The van der Waals surface area contributed by atoms with E-state index in [0.29, 0.717) is 0 Å². The van der Waals surface area contributed by atoms with Crippen LogP contribution in [0.5, 0.6) is 0 Å². The molecule has 0 saturated carbocycles. The molecule has 0 aliphatic heterocycles. The van der Waals surface area contributed by atoms with E-state index in [2.05, 4.69) is 11.2 Å². The molecular formula is C9H13N3. The Morgan fingerprint density at radius 2 is 2.17 bits per heavy atom. The Hall–Kier alpha value is -1.30. The van der Waals surface area contributed by atoms with E-state index in [1.807, 2.05) is 34.0 Å². The monoisotopic (exact) mass is 163 g/mol. The van der Waals surface area contributed by atoms with Crippen LogP contribution in [0.1, 0.15) is 25.1 Å². The number of aryl methyl sites for hydroxylation is 2. The van der Waals surface area contributed by atoms with Gasteiger partial charge in [-0.1, -0.05) is 0 Å². The van der Waals surface area contributed by atoms with E-state index in [1.165, 1.54) is 0 Å². The van der Waals surface area contributed by atoms with Gasteiger partial charge in [0, 0.05) is 18.8 Å². The molecule has 0 N–H and O–H groups in total. The summed E-state index contributed by atoms with van der Waals surface area (Å²) in [5.74, 6) is 0. The summed E-state index contributed by atoms with van der Waals surface area (Å²) in [4.78, 5) is 0. The molecule has 0 fully saturated rings. The molecule has 0 aliphatic carbocycles. The molecule has 0 radical (unpaired) electrons. The standard InChI is InChI=1S/C9H13N3/c1-7-8(5-12(4)11-7)9(2,3)6-10/h5H,1-4H3. The molecule has 0 saturated heterocycles. The van der Waals surface area contributed by atoms with Crippen molar-refractivity contribution in [3.8, 4) is 6.07 Å². The van der Waals surface area contributed by atoms with Crippen molar-refractivity contribution in [2.45, 2.75) is 26.2 Å². The van der Waals surface area contributed by atoms with Crippen LogP contribution >= 0.6 is 0 Å². The van der Waals surface area contributed by atoms with Gasteiger partial charge in [-0.05, 0) is 20.8 Å². The van der Waals surface area contributed by atoms with Crippen LogP contribution in [0, 0.1) is 18.3 Å². The fraction of sp³-hybridized carbons (Fsp3) is 0.556. The largest absolute Gasteiger partial charge is 0.275 e. The first kappa shape index (κ1) is 8.79. The minimum absolute atomic E-state index is 0.432. The second-order valence-corrected chi connectivity index (χ2v) is 3.54. The summed E-state index contributed by atoms with van der Waals surface area (Å²) in [6.07, 6.45) is 1.90. The first-order valence-electron chi connectivity index (χ1n) is 3.89. The normalized spacial score (nSPS) is 11.2. The predicted octanol–water partition coefficient (Wildman–Crippen LogP) is 1.53. The third-order valence-corrected chi connectivity index (χ3v) is 1.97. The van der Waals surface area contributed by atoms with Crippen molar-refractivity contribution in [2.75, 3.05) is 0 Å². The zero-order valence-electron chi connectivity index (χ0n) is 7.92. The van der Waals surface area contributed by atoms with Crippen LogP contribution in [0.2, 0.25) is 0 Å². The first-order chi connectivity index (χ1) is 5.47. The molecule has 0 amide bonds. The fourth-order valence-corrected chi connectivity index (χ4v) is 1.27. The third kappa shape index (κ3) is 1.33. The maximum Gasteiger partial charge on any atom is 0.0799 e. The van der Waals surface area contributed by atoms with Crippen molar-refractivity contribution in [3.05, 3.63) is 17.5 Å². The summed E-state index contributed by atoms with van der Waals surface area (Å²) >= 11 is 0. The Balaban J connectivity index is 3.21. The second kappa shape index (κ2) is 2.63. The molecule has 64 valence electrons. The zero-order valence-corrected chi connectivity index (χ0v) is 7.92. The van der Waals surface area contributed by atoms with Gasteiger partial charge in [-0.3, -0.25) is 4.68 Å². The molecule has 0 spiro atoms. The summed E-state index contributed by atoms with van der Waals surface area (Å²) in [5, 5.41) is 13.1. The first-order valence-corrected chi connectivity index (χ1v) is 3.89. The van der Waals surface area contributed by atoms with E-state index in [4.69, 9.17) is 5.26 Å². The van der Waals surface area contributed by atoms with Crippen LogP contribution in [0.15, 0.2) is 6.20 Å². The van der Waals surface area contributed by atoms with Gasteiger partial charge in [0.15, 0.2) is 0 Å². The quantitative estimate of drug-likeness (QED) is 0.630. The van der Waals surface area contributed by atoms with E-state index in [0.717, 1.165) is 11.3 Å². The van der Waals surface area contributed by atoms with Crippen LogP contribution in [0.3, 0.4) is 0 Å². The van der Waals surface area contributed by atoms with Crippen LogP contribution in [-0.4, -0.2) is 9.78 Å². The van der Waals surface area contributed by atoms with E-state index in [-0.39, 0.29) is 0 Å². The van der Waals surface area contributed by atoms with Crippen LogP contribution < -0.4 is 0 Å². The molecule has 0 unspecified atom stereocenters. The van der Waals surface area contributed by atoms with Crippen molar-refractivity contribution < 1.29 is 0 Å². The molecule has 1 aromatic rings. The smallest absolute Gasteiger partial charge is 0.0799 e. The highest BCUT2D eigenvalue weighted by Crippen LogP contribution is 2.23. The maximum atomic E-state index is 8.89. The minimum atomic E-state index is -0.432. The number of aromatic nitrogens is 2. The van der Waals surface area contributed by atoms with Crippen LogP contribution in [0.25, 0.3) is 0 Å². The zero-order chi connectivity index (χ0) is 9.35. The lowest BCUT2D eigenvalue weighted by Crippen LogP contribution is -2.14. The van der Waals surface area contributed by atoms with E-state index < -0.39 is 5.41 Å². The number of rotatable bonds is 1. The molecule has 0 bridgehead atoms. The molecule has 0 atom stereocenters. The van der Waals surface area contributed by atoms with Gasteiger partial charge in [-0.2, -0.15) is 10.4 Å². The summed E-state index contributed by atoms with van der Waals surface area (Å²) in [6.45, 7) is 5.72. The van der Waals surface area contributed by atoms with Crippen molar-refractivity contribution in [3.63, 3.8) is 0 Å². The Morgan fingerprint density at radius 1 is 1.58 bits per heavy atom. The highest BCUT2D eigenvalue weighted by molar-refractivity contribution is 5.31. The molecule has 3 nitrogen and oxygen atoms in total. The average molecular weight is 163 g/mol. The summed E-state index contributed by atoms with van der Waals surface area (Å²) < 4.78 is 1.74. The molecule has 12 heavy (non-hydrogen) atoms. The van der Waals surface area contributed by atoms with Gasteiger partial charge in [0.25, 0.3) is 0 Å². The van der Waals surface area contributed by atoms with Gasteiger partial charge < -0.3 is 0 Å². The summed E-state index contributed by atoms with van der Waals surface area (Å²) in [5.41, 5.74) is 1.51. The molecule has 3 heteroatoms.